The van der Waals surface area contributed by atoms with E-state index in [1.807, 2.05) is 90.1 Å². The summed E-state index contributed by atoms with van der Waals surface area (Å²) in [7, 11) is 1.55. The molecule has 2 unspecified atom stereocenters. The molecule has 0 saturated carbocycles. The molecule has 0 aliphatic heterocycles. The summed E-state index contributed by atoms with van der Waals surface area (Å²) < 4.78 is 17.8. The van der Waals surface area contributed by atoms with Crippen LogP contribution in [0.1, 0.15) is 50.8 Å². The predicted molar refractivity (Wildman–Crippen MR) is 134 cm³/mol. The zero-order chi connectivity index (χ0) is 24.2. The minimum absolute atomic E-state index is 0.273. The van der Waals surface area contributed by atoms with Gasteiger partial charge < -0.3 is 19.0 Å². The molecule has 0 radical (unpaired) electrons. The monoisotopic (exact) mass is 449 g/mol. The molecular formula is C28H35NO4. The molecule has 5 nitrogen and oxygen atoms in total. The molecule has 0 spiro atoms. The molecule has 0 bridgehead atoms. The third-order valence-corrected chi connectivity index (χ3v) is 4.84. The van der Waals surface area contributed by atoms with Crippen LogP contribution >= 0.6 is 0 Å². The van der Waals surface area contributed by atoms with Crippen molar-refractivity contribution in [2.75, 3.05) is 13.7 Å². The summed E-state index contributed by atoms with van der Waals surface area (Å²) >= 11 is 0. The summed E-state index contributed by atoms with van der Waals surface area (Å²) in [6.45, 7) is 12.5. The van der Waals surface area contributed by atoms with E-state index in [0.717, 1.165) is 46.1 Å². The molecular weight excluding hydrogens is 414 g/mol. The Kier molecular flexibility index (Phi) is 10.4. The SMILES string of the molecule is C/C=C/COc1cc(C)c(OC(C)C#CC(C)Oc2ccc(C(CC)=NOC)cc2)c(C)c1. The molecule has 5 heteroatoms. The van der Waals surface area contributed by atoms with Gasteiger partial charge in [0.2, 0.25) is 0 Å². The first kappa shape index (κ1) is 25.9. The minimum Gasteiger partial charge on any atom is -0.490 e. The lowest BCUT2D eigenvalue weighted by Crippen LogP contribution is -2.14. The Morgan fingerprint density at radius 1 is 0.970 bits per heavy atom. The van der Waals surface area contributed by atoms with Gasteiger partial charge in [-0.1, -0.05) is 36.1 Å². The largest absolute Gasteiger partial charge is 0.490 e. The summed E-state index contributed by atoms with van der Waals surface area (Å²) in [5.74, 6) is 8.70. The van der Waals surface area contributed by atoms with Crippen molar-refractivity contribution in [3.05, 3.63) is 65.2 Å². The van der Waals surface area contributed by atoms with Crippen LogP contribution < -0.4 is 14.2 Å². The standard InChI is InChI=1S/C28H35NO4/c1-8-10-17-31-26-18-20(3)28(21(4)19-26)33-23(6)12-11-22(5)32-25-15-13-24(14-16-25)27(9-2)29-30-7/h8,10,13-16,18-19,22-23H,9,17H2,1-7H3/b10-8+,29-27?. The maximum Gasteiger partial charge on any atom is 0.156 e. The predicted octanol–water partition coefficient (Wildman–Crippen LogP) is 6.26. The summed E-state index contributed by atoms with van der Waals surface area (Å²) in [6, 6.07) is 11.8. The molecule has 0 fully saturated rings. The molecule has 2 rings (SSSR count). The zero-order valence-corrected chi connectivity index (χ0v) is 20.8. The van der Waals surface area contributed by atoms with Gasteiger partial charge in [-0.2, -0.15) is 0 Å². The van der Waals surface area contributed by atoms with Crippen molar-refractivity contribution >= 4 is 5.71 Å². The van der Waals surface area contributed by atoms with Crippen molar-refractivity contribution in [1.82, 2.24) is 0 Å². The van der Waals surface area contributed by atoms with Gasteiger partial charge >= 0.3 is 0 Å². The highest BCUT2D eigenvalue weighted by atomic mass is 16.6. The minimum atomic E-state index is -0.275. The molecule has 0 N–H and O–H groups in total. The molecule has 2 atom stereocenters. The van der Waals surface area contributed by atoms with Gasteiger partial charge in [0.25, 0.3) is 0 Å². The van der Waals surface area contributed by atoms with E-state index in [1.165, 1.54) is 0 Å². The number of hydrogen-bond acceptors (Lipinski definition) is 5. The quantitative estimate of drug-likeness (QED) is 0.186. The maximum absolute atomic E-state index is 6.11. The Morgan fingerprint density at radius 3 is 2.12 bits per heavy atom. The number of hydrogen-bond donors (Lipinski definition) is 0. The topological polar surface area (TPSA) is 49.3 Å². The Labute approximate surface area is 198 Å². The number of aryl methyl sites for hydroxylation is 2. The number of oxime groups is 1. The number of ether oxygens (including phenoxy) is 3. The van der Waals surface area contributed by atoms with Gasteiger partial charge in [0.15, 0.2) is 12.2 Å². The lowest BCUT2D eigenvalue weighted by Gasteiger charge is -2.16. The van der Waals surface area contributed by atoms with Crippen LogP contribution in [0, 0.1) is 25.7 Å². The molecule has 33 heavy (non-hydrogen) atoms. The van der Waals surface area contributed by atoms with E-state index < -0.39 is 0 Å². The Morgan fingerprint density at radius 2 is 1.58 bits per heavy atom. The zero-order valence-electron chi connectivity index (χ0n) is 20.8. The molecule has 0 aliphatic rings. The van der Waals surface area contributed by atoms with Crippen LogP contribution in [0.3, 0.4) is 0 Å². The molecule has 0 amide bonds. The smallest absolute Gasteiger partial charge is 0.156 e. The fraction of sp³-hybridized carbons (Fsp3) is 0.393. The van der Waals surface area contributed by atoms with Gasteiger partial charge in [0.05, 0.1) is 5.71 Å². The normalized spacial score (nSPS) is 13.1. The van der Waals surface area contributed by atoms with Crippen LogP contribution in [-0.4, -0.2) is 31.6 Å². The van der Waals surface area contributed by atoms with Crippen molar-refractivity contribution in [3.8, 4) is 29.1 Å². The van der Waals surface area contributed by atoms with Crippen LogP contribution in [0.15, 0.2) is 53.7 Å². The van der Waals surface area contributed by atoms with E-state index in [1.54, 1.807) is 7.11 Å². The Balaban J connectivity index is 1.97. The van der Waals surface area contributed by atoms with E-state index in [0.29, 0.717) is 6.61 Å². The van der Waals surface area contributed by atoms with Crippen molar-refractivity contribution in [2.45, 2.75) is 60.2 Å². The van der Waals surface area contributed by atoms with E-state index >= 15 is 0 Å². The fourth-order valence-electron chi connectivity index (χ4n) is 3.25. The summed E-state index contributed by atoms with van der Waals surface area (Å²) in [5.41, 5.74) is 3.95. The number of rotatable bonds is 10. The van der Waals surface area contributed by atoms with Crippen molar-refractivity contribution in [3.63, 3.8) is 0 Å². The third kappa shape index (κ3) is 8.23. The maximum atomic E-state index is 6.11. The van der Waals surface area contributed by atoms with Crippen LogP contribution in [0.25, 0.3) is 0 Å². The number of benzene rings is 2. The van der Waals surface area contributed by atoms with Gasteiger partial charge in [-0.15, -0.1) is 0 Å². The second kappa shape index (κ2) is 13.2. The van der Waals surface area contributed by atoms with Gasteiger partial charge in [-0.3, -0.25) is 0 Å². The Bertz CT molecular complexity index is 989. The van der Waals surface area contributed by atoms with E-state index in [2.05, 4.69) is 17.0 Å². The van der Waals surface area contributed by atoms with Gasteiger partial charge in [0, 0.05) is 0 Å². The van der Waals surface area contributed by atoms with Crippen molar-refractivity contribution in [2.24, 2.45) is 5.16 Å². The van der Waals surface area contributed by atoms with E-state index in [9.17, 15) is 0 Å². The molecule has 2 aromatic carbocycles. The van der Waals surface area contributed by atoms with E-state index in [4.69, 9.17) is 19.0 Å². The number of nitrogens with zero attached hydrogens (tertiary/aromatic N) is 1. The summed E-state index contributed by atoms with van der Waals surface area (Å²) in [4.78, 5) is 4.90. The molecule has 0 aromatic heterocycles. The van der Waals surface area contributed by atoms with Crippen LogP contribution in [-0.2, 0) is 4.84 Å². The van der Waals surface area contributed by atoms with Crippen molar-refractivity contribution < 1.29 is 19.0 Å². The lowest BCUT2D eigenvalue weighted by atomic mass is 10.1. The summed E-state index contributed by atoms with van der Waals surface area (Å²) in [6.07, 6.45) is 4.19. The highest BCUT2D eigenvalue weighted by Crippen LogP contribution is 2.29. The van der Waals surface area contributed by atoms with Gasteiger partial charge in [-0.05, 0) is 94.1 Å². The van der Waals surface area contributed by atoms with Gasteiger partial charge in [-0.25, -0.2) is 0 Å². The third-order valence-electron chi connectivity index (χ3n) is 4.84. The Hall–Kier alpha value is -3.39. The molecule has 0 heterocycles. The lowest BCUT2D eigenvalue weighted by molar-refractivity contribution is 0.213. The van der Waals surface area contributed by atoms with Crippen LogP contribution in [0.4, 0.5) is 0 Å². The van der Waals surface area contributed by atoms with Gasteiger partial charge in [0.1, 0.15) is 31.0 Å². The second-order valence-electron chi connectivity index (χ2n) is 7.67. The van der Waals surface area contributed by atoms with Crippen LogP contribution in [0.5, 0.6) is 17.2 Å². The first-order valence-corrected chi connectivity index (χ1v) is 11.3. The highest BCUT2D eigenvalue weighted by Gasteiger charge is 2.10. The average Bonchev–Trinajstić information content (AvgIpc) is 2.79. The molecule has 176 valence electrons. The molecule has 0 aliphatic carbocycles. The first-order valence-electron chi connectivity index (χ1n) is 11.3. The second-order valence-corrected chi connectivity index (χ2v) is 7.67. The first-order chi connectivity index (χ1) is 15.9. The highest BCUT2D eigenvalue weighted by molar-refractivity contribution is 6.00. The number of allylic oxidation sites excluding steroid dienone is 1. The fourth-order valence-corrected chi connectivity index (χ4v) is 3.25. The van der Waals surface area contributed by atoms with Crippen molar-refractivity contribution in [1.29, 1.82) is 0 Å². The average molecular weight is 450 g/mol. The molecule has 2 aromatic rings. The molecule has 0 saturated heterocycles. The summed E-state index contributed by atoms with van der Waals surface area (Å²) in [5, 5.41) is 4.05. The van der Waals surface area contributed by atoms with E-state index in [-0.39, 0.29) is 12.2 Å². The van der Waals surface area contributed by atoms with Crippen LogP contribution in [0.2, 0.25) is 0 Å².